The highest BCUT2D eigenvalue weighted by atomic mass is 35.5. The number of aliphatic carboxylic acids is 1. The summed E-state index contributed by atoms with van der Waals surface area (Å²) < 4.78 is 10.4. The highest BCUT2D eigenvalue weighted by Crippen LogP contribution is 2.36. The van der Waals surface area contributed by atoms with Crippen molar-refractivity contribution >= 4 is 41.1 Å². The first-order valence-electron chi connectivity index (χ1n) is 6.93. The van der Waals surface area contributed by atoms with Gasteiger partial charge in [-0.25, -0.2) is 4.79 Å². The lowest BCUT2D eigenvalue weighted by Gasteiger charge is -2.11. The Morgan fingerprint density at radius 2 is 2.04 bits per heavy atom. The summed E-state index contributed by atoms with van der Waals surface area (Å²) in [6.07, 6.45) is 1.62. The van der Waals surface area contributed by atoms with E-state index >= 15 is 0 Å². The molecule has 0 radical (unpaired) electrons. The number of methoxy groups -OCH3 is 1. The highest BCUT2D eigenvalue weighted by molar-refractivity contribution is 6.32. The van der Waals surface area contributed by atoms with Crippen molar-refractivity contribution in [3.05, 3.63) is 51.5 Å². The number of aliphatic imine (C=N–C) groups is 1. The summed E-state index contributed by atoms with van der Waals surface area (Å²) in [5, 5.41) is 9.54. The normalized spacial score (nSPS) is 10.8. The molecule has 0 saturated heterocycles. The molecule has 0 fully saturated rings. The summed E-state index contributed by atoms with van der Waals surface area (Å²) in [6.45, 7) is 1.42. The number of hydrogen-bond acceptors (Lipinski definition) is 4. The minimum absolute atomic E-state index is 0.178. The zero-order valence-electron chi connectivity index (χ0n) is 13.0. The van der Waals surface area contributed by atoms with Gasteiger partial charge in [-0.15, -0.1) is 0 Å². The Bertz CT molecular complexity index is 790. The summed E-state index contributed by atoms with van der Waals surface area (Å²) in [7, 11) is 1.45. The lowest BCUT2D eigenvalue weighted by atomic mass is 10.2. The maximum Gasteiger partial charge on any atom is 0.341 e. The van der Waals surface area contributed by atoms with Crippen molar-refractivity contribution in [2.75, 3.05) is 13.7 Å². The predicted octanol–water partition coefficient (Wildman–Crippen LogP) is 4.52. The Morgan fingerprint density at radius 1 is 1.29 bits per heavy atom. The van der Waals surface area contributed by atoms with Crippen LogP contribution in [-0.2, 0) is 4.79 Å². The van der Waals surface area contributed by atoms with Crippen molar-refractivity contribution in [2.45, 2.75) is 6.92 Å². The summed E-state index contributed by atoms with van der Waals surface area (Å²) in [5.74, 6) is -0.596. The molecule has 2 rings (SSSR count). The summed E-state index contributed by atoms with van der Waals surface area (Å²) in [6, 6.07) is 8.71. The first-order valence-corrected chi connectivity index (χ1v) is 7.68. The van der Waals surface area contributed by atoms with E-state index in [0.29, 0.717) is 16.3 Å². The summed E-state index contributed by atoms with van der Waals surface area (Å²) in [4.78, 5) is 15.0. The fraction of sp³-hybridized carbons (Fsp3) is 0.176. The monoisotopic (exact) mass is 367 g/mol. The van der Waals surface area contributed by atoms with E-state index in [0.717, 1.165) is 11.3 Å². The minimum Gasteiger partial charge on any atom is -0.493 e. The van der Waals surface area contributed by atoms with Crippen molar-refractivity contribution in [1.29, 1.82) is 0 Å². The Morgan fingerprint density at radius 3 is 2.71 bits per heavy atom. The first-order chi connectivity index (χ1) is 11.4. The van der Waals surface area contributed by atoms with Gasteiger partial charge in [0.1, 0.15) is 0 Å². The maximum absolute atomic E-state index is 10.6. The van der Waals surface area contributed by atoms with Gasteiger partial charge in [0, 0.05) is 11.2 Å². The van der Waals surface area contributed by atoms with Gasteiger partial charge in [0.05, 0.1) is 17.8 Å². The van der Waals surface area contributed by atoms with Crippen LogP contribution in [0.25, 0.3) is 0 Å². The molecule has 0 spiro atoms. The minimum atomic E-state index is -1.10. The van der Waals surface area contributed by atoms with E-state index in [4.69, 9.17) is 37.8 Å². The second-order valence-corrected chi connectivity index (χ2v) is 5.75. The molecule has 0 aliphatic rings. The third-order valence-electron chi connectivity index (χ3n) is 3.12. The van der Waals surface area contributed by atoms with Crippen LogP contribution in [-0.4, -0.2) is 31.0 Å². The molecule has 0 atom stereocenters. The number of aryl methyl sites for hydroxylation is 1. The summed E-state index contributed by atoms with van der Waals surface area (Å²) >= 11 is 12.1. The van der Waals surface area contributed by atoms with Crippen LogP contribution < -0.4 is 9.47 Å². The molecular formula is C17H15Cl2NO4. The van der Waals surface area contributed by atoms with Gasteiger partial charge in [0.25, 0.3) is 0 Å². The zero-order valence-corrected chi connectivity index (χ0v) is 14.6. The van der Waals surface area contributed by atoms with Crippen LogP contribution in [0.5, 0.6) is 11.5 Å². The molecule has 7 heteroatoms. The van der Waals surface area contributed by atoms with Crippen LogP contribution in [0.3, 0.4) is 0 Å². The topological polar surface area (TPSA) is 68.1 Å². The van der Waals surface area contributed by atoms with Gasteiger partial charge in [0.15, 0.2) is 18.1 Å². The smallest absolute Gasteiger partial charge is 0.341 e. The van der Waals surface area contributed by atoms with E-state index < -0.39 is 12.6 Å². The number of carbonyl (C=O) groups is 1. The molecule has 2 aromatic rings. The Balaban J connectivity index is 2.31. The van der Waals surface area contributed by atoms with Gasteiger partial charge >= 0.3 is 5.97 Å². The maximum atomic E-state index is 10.6. The number of benzene rings is 2. The largest absolute Gasteiger partial charge is 0.493 e. The molecule has 24 heavy (non-hydrogen) atoms. The van der Waals surface area contributed by atoms with E-state index in [1.54, 1.807) is 30.5 Å². The zero-order chi connectivity index (χ0) is 17.7. The van der Waals surface area contributed by atoms with Gasteiger partial charge in [0.2, 0.25) is 0 Å². The molecule has 0 aliphatic heterocycles. The molecule has 0 amide bonds. The lowest BCUT2D eigenvalue weighted by molar-refractivity contribution is -0.139. The van der Waals surface area contributed by atoms with Gasteiger partial charge in [-0.05, 0) is 42.3 Å². The van der Waals surface area contributed by atoms with Gasteiger partial charge in [-0.1, -0.05) is 29.3 Å². The van der Waals surface area contributed by atoms with Crippen LogP contribution in [0.2, 0.25) is 10.0 Å². The molecular weight excluding hydrogens is 353 g/mol. The SMILES string of the molecule is COc1cc(C=Nc2cc(Cl)ccc2C)cc(Cl)c1OCC(=O)O. The molecule has 0 bridgehead atoms. The van der Waals surface area contributed by atoms with Crippen molar-refractivity contribution in [2.24, 2.45) is 4.99 Å². The number of ether oxygens (including phenoxy) is 2. The molecule has 0 saturated carbocycles. The average Bonchev–Trinajstić information content (AvgIpc) is 2.53. The van der Waals surface area contributed by atoms with E-state index in [1.807, 2.05) is 13.0 Å². The third kappa shape index (κ3) is 4.63. The second kappa shape index (κ2) is 8.04. The molecule has 2 aromatic carbocycles. The molecule has 126 valence electrons. The molecule has 0 aliphatic carbocycles. The lowest BCUT2D eigenvalue weighted by Crippen LogP contribution is -2.10. The molecule has 0 unspecified atom stereocenters. The number of hydrogen-bond donors (Lipinski definition) is 1. The van der Waals surface area contributed by atoms with E-state index in [-0.39, 0.29) is 10.8 Å². The van der Waals surface area contributed by atoms with Crippen LogP contribution in [0.1, 0.15) is 11.1 Å². The first kappa shape index (κ1) is 18.1. The second-order valence-electron chi connectivity index (χ2n) is 4.91. The Labute approximate surface area is 149 Å². The fourth-order valence-electron chi connectivity index (χ4n) is 1.95. The van der Waals surface area contributed by atoms with Crippen LogP contribution in [0.15, 0.2) is 35.3 Å². The van der Waals surface area contributed by atoms with Crippen LogP contribution in [0, 0.1) is 6.92 Å². The average molecular weight is 368 g/mol. The molecule has 0 aromatic heterocycles. The highest BCUT2D eigenvalue weighted by Gasteiger charge is 2.13. The van der Waals surface area contributed by atoms with E-state index in [1.165, 1.54) is 7.11 Å². The number of carboxylic acid groups (broad SMARTS) is 1. The standard InChI is InChI=1S/C17H15Cl2NO4/c1-10-3-4-12(18)7-14(10)20-8-11-5-13(19)17(15(6-11)23-2)24-9-16(21)22/h3-8H,9H2,1-2H3,(H,21,22). The van der Waals surface area contributed by atoms with E-state index in [2.05, 4.69) is 4.99 Å². The fourth-order valence-corrected chi connectivity index (χ4v) is 2.39. The Kier molecular flexibility index (Phi) is 6.06. The van der Waals surface area contributed by atoms with E-state index in [9.17, 15) is 4.79 Å². The predicted molar refractivity (Wildman–Crippen MR) is 94.6 cm³/mol. The van der Waals surface area contributed by atoms with Gasteiger partial charge < -0.3 is 14.6 Å². The van der Waals surface area contributed by atoms with Crippen molar-refractivity contribution in [3.8, 4) is 11.5 Å². The number of rotatable bonds is 6. The van der Waals surface area contributed by atoms with Crippen LogP contribution in [0.4, 0.5) is 5.69 Å². The van der Waals surface area contributed by atoms with Crippen LogP contribution >= 0.6 is 23.2 Å². The van der Waals surface area contributed by atoms with Crippen molar-refractivity contribution in [1.82, 2.24) is 0 Å². The van der Waals surface area contributed by atoms with Crippen molar-refractivity contribution in [3.63, 3.8) is 0 Å². The number of carboxylic acids is 1. The molecule has 1 N–H and O–H groups in total. The van der Waals surface area contributed by atoms with Gasteiger partial charge in [-0.3, -0.25) is 4.99 Å². The van der Waals surface area contributed by atoms with Crippen molar-refractivity contribution < 1.29 is 19.4 Å². The molecule has 5 nitrogen and oxygen atoms in total. The molecule has 0 heterocycles. The number of nitrogens with zero attached hydrogens (tertiary/aromatic N) is 1. The Hall–Kier alpha value is -2.24. The third-order valence-corrected chi connectivity index (χ3v) is 3.63. The quantitative estimate of drug-likeness (QED) is 0.761. The summed E-state index contributed by atoms with van der Waals surface area (Å²) in [5.41, 5.74) is 2.40. The number of halogens is 2. The van der Waals surface area contributed by atoms with Gasteiger partial charge in [-0.2, -0.15) is 0 Å².